The van der Waals surface area contributed by atoms with Gasteiger partial charge in [0.05, 0.1) is 5.75 Å². The minimum absolute atomic E-state index is 0.00892. The lowest BCUT2D eigenvalue weighted by molar-refractivity contribution is -0.119. The highest BCUT2D eigenvalue weighted by molar-refractivity contribution is 7.92. The van der Waals surface area contributed by atoms with Crippen LogP contribution in [0.4, 0.5) is 0 Å². The standard InChI is InChI=1S/C10H22N2O3S/c1-4-9(3)12-10(13)7-16(14,15)6-8(2)5-11/h8-9H,4-7,11H2,1-3H3,(H,12,13). The molecular formula is C10H22N2O3S. The Hall–Kier alpha value is -0.620. The van der Waals surface area contributed by atoms with Gasteiger partial charge < -0.3 is 11.1 Å². The van der Waals surface area contributed by atoms with Crippen LogP contribution >= 0.6 is 0 Å². The van der Waals surface area contributed by atoms with Gasteiger partial charge in [-0.2, -0.15) is 0 Å². The summed E-state index contributed by atoms with van der Waals surface area (Å²) in [6, 6.07) is 0.00892. The highest BCUT2D eigenvalue weighted by Gasteiger charge is 2.19. The largest absolute Gasteiger partial charge is 0.353 e. The summed E-state index contributed by atoms with van der Waals surface area (Å²) in [5.41, 5.74) is 5.35. The maximum atomic E-state index is 11.6. The van der Waals surface area contributed by atoms with Gasteiger partial charge in [-0.1, -0.05) is 13.8 Å². The number of carbonyl (C=O) groups excluding carboxylic acids is 1. The number of nitrogens with two attached hydrogens (primary N) is 1. The molecule has 0 aromatic carbocycles. The van der Waals surface area contributed by atoms with Crippen molar-refractivity contribution in [2.24, 2.45) is 11.7 Å². The van der Waals surface area contributed by atoms with Gasteiger partial charge >= 0.3 is 0 Å². The Kier molecular flexibility index (Phi) is 6.59. The summed E-state index contributed by atoms with van der Waals surface area (Å²) in [4.78, 5) is 11.4. The molecule has 0 saturated heterocycles. The summed E-state index contributed by atoms with van der Waals surface area (Å²) in [6.07, 6.45) is 0.783. The average molecular weight is 250 g/mol. The van der Waals surface area contributed by atoms with Crippen LogP contribution in [0, 0.1) is 5.92 Å². The number of nitrogens with one attached hydrogen (secondary N) is 1. The van der Waals surface area contributed by atoms with E-state index in [1.165, 1.54) is 0 Å². The zero-order valence-electron chi connectivity index (χ0n) is 10.2. The van der Waals surface area contributed by atoms with E-state index in [1.54, 1.807) is 6.92 Å². The molecule has 0 aliphatic carbocycles. The maximum Gasteiger partial charge on any atom is 0.235 e. The summed E-state index contributed by atoms with van der Waals surface area (Å²) in [5, 5.41) is 2.63. The minimum Gasteiger partial charge on any atom is -0.353 e. The number of amides is 1. The van der Waals surface area contributed by atoms with Crippen molar-refractivity contribution in [2.45, 2.75) is 33.2 Å². The van der Waals surface area contributed by atoms with Crippen molar-refractivity contribution >= 4 is 15.7 Å². The van der Waals surface area contributed by atoms with Crippen molar-refractivity contribution < 1.29 is 13.2 Å². The Morgan fingerprint density at radius 2 is 1.94 bits per heavy atom. The smallest absolute Gasteiger partial charge is 0.235 e. The quantitative estimate of drug-likeness (QED) is 0.661. The fourth-order valence-electron chi connectivity index (χ4n) is 1.18. The van der Waals surface area contributed by atoms with E-state index in [0.29, 0.717) is 6.54 Å². The third kappa shape index (κ3) is 6.79. The molecule has 0 rings (SSSR count). The molecule has 0 saturated carbocycles. The van der Waals surface area contributed by atoms with Crippen LogP contribution in [-0.4, -0.2) is 38.4 Å². The molecule has 6 heteroatoms. The molecule has 1 amide bonds. The van der Waals surface area contributed by atoms with Crippen molar-refractivity contribution in [3.63, 3.8) is 0 Å². The van der Waals surface area contributed by atoms with E-state index in [-0.39, 0.29) is 17.7 Å². The zero-order chi connectivity index (χ0) is 12.8. The minimum atomic E-state index is -3.34. The molecule has 0 aromatic rings. The van der Waals surface area contributed by atoms with Crippen LogP contribution in [0.2, 0.25) is 0 Å². The van der Waals surface area contributed by atoms with E-state index in [4.69, 9.17) is 5.73 Å². The third-order valence-electron chi connectivity index (χ3n) is 2.31. The van der Waals surface area contributed by atoms with E-state index in [0.717, 1.165) is 6.42 Å². The average Bonchev–Trinajstić information content (AvgIpc) is 2.15. The van der Waals surface area contributed by atoms with E-state index in [2.05, 4.69) is 5.32 Å². The van der Waals surface area contributed by atoms with Crippen LogP contribution in [0.15, 0.2) is 0 Å². The molecule has 0 fully saturated rings. The maximum absolute atomic E-state index is 11.6. The van der Waals surface area contributed by atoms with Crippen molar-refractivity contribution in [1.82, 2.24) is 5.32 Å². The Labute approximate surface area is 97.7 Å². The van der Waals surface area contributed by atoms with Crippen LogP contribution in [0.5, 0.6) is 0 Å². The van der Waals surface area contributed by atoms with Crippen LogP contribution in [0.1, 0.15) is 27.2 Å². The Bertz CT molecular complexity index is 314. The van der Waals surface area contributed by atoms with Gasteiger partial charge in [-0.05, 0) is 25.8 Å². The number of sulfone groups is 1. The molecule has 0 aliphatic heterocycles. The van der Waals surface area contributed by atoms with Gasteiger partial charge in [-0.15, -0.1) is 0 Å². The number of hydrogen-bond acceptors (Lipinski definition) is 4. The highest BCUT2D eigenvalue weighted by atomic mass is 32.2. The van der Waals surface area contributed by atoms with Crippen LogP contribution < -0.4 is 11.1 Å². The van der Waals surface area contributed by atoms with Gasteiger partial charge in [-0.25, -0.2) is 8.42 Å². The molecule has 2 atom stereocenters. The lowest BCUT2D eigenvalue weighted by atomic mass is 10.2. The van der Waals surface area contributed by atoms with Crippen LogP contribution in [-0.2, 0) is 14.6 Å². The number of hydrogen-bond donors (Lipinski definition) is 2. The summed E-state index contributed by atoms with van der Waals surface area (Å²) < 4.78 is 23.1. The van der Waals surface area contributed by atoms with Crippen molar-refractivity contribution in [3.8, 4) is 0 Å². The molecule has 0 aromatic heterocycles. The first-order chi connectivity index (χ1) is 7.30. The topological polar surface area (TPSA) is 89.3 Å². The summed E-state index contributed by atoms with van der Waals surface area (Å²) in [7, 11) is -3.34. The van der Waals surface area contributed by atoms with E-state index >= 15 is 0 Å². The molecule has 0 bridgehead atoms. The van der Waals surface area contributed by atoms with Crippen molar-refractivity contribution in [2.75, 3.05) is 18.1 Å². The molecule has 0 aliphatic rings. The first-order valence-electron chi connectivity index (χ1n) is 5.50. The van der Waals surface area contributed by atoms with Gasteiger partial charge in [0, 0.05) is 6.04 Å². The highest BCUT2D eigenvalue weighted by Crippen LogP contribution is 2.00. The van der Waals surface area contributed by atoms with Gasteiger partial charge in [0.25, 0.3) is 0 Å². The number of rotatable bonds is 7. The summed E-state index contributed by atoms with van der Waals surface area (Å²) in [6.45, 7) is 5.83. The summed E-state index contributed by atoms with van der Waals surface area (Å²) >= 11 is 0. The lowest BCUT2D eigenvalue weighted by Crippen LogP contribution is -2.37. The second-order valence-electron chi connectivity index (χ2n) is 4.27. The van der Waals surface area contributed by atoms with Gasteiger partial charge in [0.2, 0.25) is 5.91 Å². The molecule has 0 heterocycles. The van der Waals surface area contributed by atoms with E-state index in [9.17, 15) is 13.2 Å². The lowest BCUT2D eigenvalue weighted by Gasteiger charge is -2.12. The number of carbonyl (C=O) groups is 1. The predicted octanol–water partition coefficient (Wildman–Crippen LogP) is -0.0893. The molecule has 0 spiro atoms. The van der Waals surface area contributed by atoms with Crippen LogP contribution in [0.3, 0.4) is 0 Å². The normalized spacial score (nSPS) is 15.5. The van der Waals surface area contributed by atoms with E-state index in [1.807, 2.05) is 13.8 Å². The first kappa shape index (κ1) is 15.4. The fraction of sp³-hybridized carbons (Fsp3) is 0.900. The zero-order valence-corrected chi connectivity index (χ0v) is 11.0. The molecule has 3 N–H and O–H groups in total. The molecule has 2 unspecified atom stereocenters. The van der Waals surface area contributed by atoms with Gasteiger partial charge in [0.15, 0.2) is 9.84 Å². The molecule has 16 heavy (non-hydrogen) atoms. The molecule has 5 nitrogen and oxygen atoms in total. The predicted molar refractivity (Wildman–Crippen MR) is 64.8 cm³/mol. The second-order valence-corrected chi connectivity index (χ2v) is 6.38. The Balaban J connectivity index is 4.21. The van der Waals surface area contributed by atoms with Crippen molar-refractivity contribution in [1.29, 1.82) is 0 Å². The Morgan fingerprint density at radius 3 is 2.38 bits per heavy atom. The van der Waals surface area contributed by atoms with Crippen molar-refractivity contribution in [3.05, 3.63) is 0 Å². The molecule has 0 radical (unpaired) electrons. The van der Waals surface area contributed by atoms with Gasteiger partial charge in [0.1, 0.15) is 5.75 Å². The Morgan fingerprint density at radius 1 is 1.38 bits per heavy atom. The van der Waals surface area contributed by atoms with E-state index < -0.39 is 21.5 Å². The van der Waals surface area contributed by atoms with Gasteiger partial charge in [-0.3, -0.25) is 4.79 Å². The summed E-state index contributed by atoms with van der Waals surface area (Å²) in [5.74, 6) is -1.01. The first-order valence-corrected chi connectivity index (χ1v) is 7.32. The monoisotopic (exact) mass is 250 g/mol. The fourth-order valence-corrected chi connectivity index (χ4v) is 2.78. The SMILES string of the molecule is CCC(C)NC(=O)CS(=O)(=O)CC(C)CN. The molecular weight excluding hydrogens is 228 g/mol. The van der Waals surface area contributed by atoms with Crippen LogP contribution in [0.25, 0.3) is 0 Å². The third-order valence-corrected chi connectivity index (χ3v) is 4.09. The molecule has 96 valence electrons. The second kappa shape index (κ2) is 6.85.